The third-order valence-corrected chi connectivity index (χ3v) is 2.06. The summed E-state index contributed by atoms with van der Waals surface area (Å²) < 4.78 is 40.5. The molecule has 0 spiro atoms. The molecule has 0 atom stereocenters. The quantitative estimate of drug-likeness (QED) is 0.801. The van der Waals surface area contributed by atoms with Crippen LogP contribution >= 0.6 is 0 Å². The van der Waals surface area contributed by atoms with Crippen LogP contribution in [0.25, 0.3) is 0 Å². The van der Waals surface area contributed by atoms with Crippen molar-refractivity contribution in [2.24, 2.45) is 0 Å². The topological polar surface area (TPSA) is 59.4 Å². The highest BCUT2D eigenvalue weighted by atomic mass is 19.4. The van der Waals surface area contributed by atoms with E-state index in [0.717, 1.165) is 0 Å². The first kappa shape index (κ1) is 14.4. The van der Waals surface area contributed by atoms with Crippen molar-refractivity contribution in [2.45, 2.75) is 25.6 Å². The predicted octanol–water partition coefficient (Wildman–Crippen LogP) is 2.64. The Morgan fingerprint density at radius 3 is 2.78 bits per heavy atom. The van der Waals surface area contributed by atoms with Gasteiger partial charge < -0.3 is 9.84 Å². The molecule has 0 bridgehead atoms. The summed E-state index contributed by atoms with van der Waals surface area (Å²) in [6.07, 6.45) is -3.85. The summed E-state index contributed by atoms with van der Waals surface area (Å²) in [5.41, 5.74) is 0.445. The van der Waals surface area contributed by atoms with Gasteiger partial charge in [0.25, 0.3) is 0 Å². The number of alkyl halides is 3. The van der Waals surface area contributed by atoms with E-state index in [1.165, 1.54) is 12.3 Å². The first-order valence-corrected chi connectivity index (χ1v) is 5.21. The molecule has 1 N–H and O–H groups in total. The number of carboxylic acid groups (broad SMARTS) is 1. The summed E-state index contributed by atoms with van der Waals surface area (Å²) in [5, 5.41) is 8.68. The van der Waals surface area contributed by atoms with Crippen LogP contribution in [0.4, 0.5) is 13.2 Å². The zero-order valence-corrected chi connectivity index (χ0v) is 9.41. The van der Waals surface area contributed by atoms with Crippen molar-refractivity contribution in [1.82, 2.24) is 4.98 Å². The SMILES string of the molecule is O=C(O)c1cc(COCCCC(F)(F)F)ccn1. The number of carboxylic acids is 1. The van der Waals surface area contributed by atoms with E-state index >= 15 is 0 Å². The molecule has 4 nitrogen and oxygen atoms in total. The summed E-state index contributed by atoms with van der Waals surface area (Å²) >= 11 is 0. The van der Waals surface area contributed by atoms with Crippen molar-refractivity contribution in [3.05, 3.63) is 29.6 Å². The zero-order valence-electron chi connectivity index (χ0n) is 9.41. The number of pyridine rings is 1. The smallest absolute Gasteiger partial charge is 0.389 e. The molecule has 1 aromatic heterocycles. The highest BCUT2D eigenvalue weighted by molar-refractivity contribution is 5.85. The van der Waals surface area contributed by atoms with E-state index in [-0.39, 0.29) is 25.3 Å². The Labute approximate surface area is 101 Å². The van der Waals surface area contributed by atoms with Gasteiger partial charge >= 0.3 is 12.1 Å². The maximum atomic E-state index is 11.8. The monoisotopic (exact) mass is 263 g/mol. The molecule has 0 aliphatic rings. The fourth-order valence-corrected chi connectivity index (χ4v) is 1.25. The molecule has 0 aliphatic heterocycles. The molecule has 0 aliphatic carbocycles. The average Bonchev–Trinajstić information content (AvgIpc) is 2.27. The molecule has 0 saturated heterocycles. The van der Waals surface area contributed by atoms with Crippen LogP contribution < -0.4 is 0 Å². The van der Waals surface area contributed by atoms with Gasteiger partial charge in [0.2, 0.25) is 0 Å². The summed E-state index contributed by atoms with van der Waals surface area (Å²) in [5.74, 6) is -1.16. The van der Waals surface area contributed by atoms with Crippen LogP contribution in [0.5, 0.6) is 0 Å². The summed E-state index contributed by atoms with van der Waals surface area (Å²) in [6.45, 7) is 0.0465. The fraction of sp³-hybridized carbons (Fsp3) is 0.455. The van der Waals surface area contributed by atoms with Crippen LogP contribution in [-0.4, -0.2) is 28.8 Å². The van der Waals surface area contributed by atoms with Crippen molar-refractivity contribution in [1.29, 1.82) is 0 Å². The van der Waals surface area contributed by atoms with Gasteiger partial charge in [0, 0.05) is 19.2 Å². The number of halogens is 3. The molecule has 1 rings (SSSR count). The van der Waals surface area contributed by atoms with E-state index in [0.29, 0.717) is 5.56 Å². The number of nitrogens with zero attached hydrogens (tertiary/aromatic N) is 1. The molecule has 0 fully saturated rings. The standard InChI is InChI=1S/C11H12F3NO3/c12-11(13,14)3-1-5-18-7-8-2-4-15-9(6-8)10(16)17/h2,4,6H,1,3,5,7H2,(H,16,17). The fourth-order valence-electron chi connectivity index (χ4n) is 1.25. The van der Waals surface area contributed by atoms with Crippen molar-refractivity contribution < 1.29 is 27.8 Å². The number of aromatic nitrogens is 1. The van der Waals surface area contributed by atoms with Gasteiger partial charge in [0.15, 0.2) is 0 Å². The van der Waals surface area contributed by atoms with Crippen molar-refractivity contribution in [2.75, 3.05) is 6.61 Å². The molecule has 7 heteroatoms. The van der Waals surface area contributed by atoms with E-state index in [1.54, 1.807) is 6.07 Å². The van der Waals surface area contributed by atoms with E-state index in [1.807, 2.05) is 0 Å². The number of ether oxygens (including phenoxy) is 1. The first-order valence-electron chi connectivity index (χ1n) is 5.21. The van der Waals surface area contributed by atoms with Gasteiger partial charge in [-0.15, -0.1) is 0 Å². The second kappa shape index (κ2) is 6.34. The molecular formula is C11H12F3NO3. The molecule has 100 valence electrons. The average molecular weight is 263 g/mol. The van der Waals surface area contributed by atoms with Gasteiger partial charge in [-0.25, -0.2) is 9.78 Å². The third-order valence-electron chi connectivity index (χ3n) is 2.06. The second-order valence-corrected chi connectivity index (χ2v) is 3.63. The van der Waals surface area contributed by atoms with E-state index in [4.69, 9.17) is 9.84 Å². The van der Waals surface area contributed by atoms with Crippen molar-refractivity contribution in [3.63, 3.8) is 0 Å². The van der Waals surface area contributed by atoms with Crippen LogP contribution in [0, 0.1) is 0 Å². The Morgan fingerprint density at radius 2 is 2.17 bits per heavy atom. The van der Waals surface area contributed by atoms with Gasteiger partial charge in [-0.3, -0.25) is 0 Å². The van der Waals surface area contributed by atoms with E-state index < -0.39 is 18.6 Å². The van der Waals surface area contributed by atoms with E-state index in [9.17, 15) is 18.0 Å². The highest BCUT2D eigenvalue weighted by Gasteiger charge is 2.25. The van der Waals surface area contributed by atoms with Crippen LogP contribution in [0.2, 0.25) is 0 Å². The highest BCUT2D eigenvalue weighted by Crippen LogP contribution is 2.21. The molecule has 1 aromatic rings. The lowest BCUT2D eigenvalue weighted by atomic mass is 10.2. The van der Waals surface area contributed by atoms with Gasteiger partial charge in [-0.2, -0.15) is 13.2 Å². The molecule has 18 heavy (non-hydrogen) atoms. The van der Waals surface area contributed by atoms with E-state index in [2.05, 4.69) is 4.98 Å². The minimum Gasteiger partial charge on any atom is -0.477 e. The molecular weight excluding hydrogens is 251 g/mol. The number of hydrogen-bond acceptors (Lipinski definition) is 3. The van der Waals surface area contributed by atoms with Gasteiger partial charge in [0.05, 0.1) is 6.61 Å². The van der Waals surface area contributed by atoms with Crippen molar-refractivity contribution >= 4 is 5.97 Å². The molecule has 0 radical (unpaired) electrons. The largest absolute Gasteiger partial charge is 0.477 e. The molecule has 0 aromatic carbocycles. The Hall–Kier alpha value is -1.63. The van der Waals surface area contributed by atoms with Crippen LogP contribution in [0.3, 0.4) is 0 Å². The Morgan fingerprint density at radius 1 is 1.44 bits per heavy atom. The van der Waals surface area contributed by atoms with Gasteiger partial charge in [-0.05, 0) is 24.1 Å². The Bertz CT molecular complexity index is 407. The third kappa shape index (κ3) is 5.62. The number of hydrogen-bond donors (Lipinski definition) is 1. The molecule has 0 saturated carbocycles. The molecule has 0 unspecified atom stereocenters. The van der Waals surface area contributed by atoms with Gasteiger partial charge in [0.1, 0.15) is 5.69 Å². The second-order valence-electron chi connectivity index (χ2n) is 3.63. The minimum absolute atomic E-state index is 0.0236. The molecule has 1 heterocycles. The Balaban J connectivity index is 2.31. The lowest BCUT2D eigenvalue weighted by molar-refractivity contribution is -0.138. The number of carbonyl (C=O) groups is 1. The lowest BCUT2D eigenvalue weighted by Crippen LogP contribution is -2.09. The van der Waals surface area contributed by atoms with Crippen molar-refractivity contribution in [3.8, 4) is 0 Å². The maximum absolute atomic E-state index is 11.8. The first-order chi connectivity index (χ1) is 8.38. The lowest BCUT2D eigenvalue weighted by Gasteiger charge is -2.07. The minimum atomic E-state index is -4.17. The summed E-state index contributed by atoms with van der Waals surface area (Å²) in [6, 6.07) is 2.88. The maximum Gasteiger partial charge on any atom is 0.389 e. The number of aromatic carboxylic acids is 1. The molecule has 0 amide bonds. The number of rotatable bonds is 6. The van der Waals surface area contributed by atoms with Crippen LogP contribution in [0.15, 0.2) is 18.3 Å². The van der Waals surface area contributed by atoms with Gasteiger partial charge in [-0.1, -0.05) is 0 Å². The Kier molecular flexibility index (Phi) is 5.08. The van der Waals surface area contributed by atoms with Crippen LogP contribution in [-0.2, 0) is 11.3 Å². The predicted molar refractivity (Wildman–Crippen MR) is 56.1 cm³/mol. The van der Waals surface area contributed by atoms with Crippen LogP contribution in [0.1, 0.15) is 28.9 Å². The summed E-state index contributed by atoms with van der Waals surface area (Å²) in [4.78, 5) is 14.2. The normalized spacial score (nSPS) is 11.5. The summed E-state index contributed by atoms with van der Waals surface area (Å²) in [7, 11) is 0. The zero-order chi connectivity index (χ0) is 13.6.